The number of allylic oxidation sites excluding steroid dienone is 1. The predicted octanol–water partition coefficient (Wildman–Crippen LogP) is 14.0. The Morgan fingerprint density at radius 2 is 1.04 bits per heavy atom. The van der Waals surface area contributed by atoms with E-state index >= 15 is 0 Å². The Morgan fingerprint density at radius 3 is 1.59 bits per heavy atom. The Morgan fingerprint density at radius 1 is 0.554 bits per heavy atom. The highest BCUT2D eigenvalue weighted by Crippen LogP contribution is 2.33. The SMILES string of the molecule is CCCCCCC=CCOC(=O)CCCCCCCCCC(CCCCCCCCCCOC1(OCCCCCCC)CCCCC1)OC(=O)CCCN(C)C. The number of nitrogens with zero attached hydrogens (tertiary/aromatic N) is 1. The smallest absolute Gasteiger partial charge is 0.306 e. The first-order chi connectivity index (χ1) is 27.4. The van der Waals surface area contributed by atoms with Gasteiger partial charge in [-0.1, -0.05) is 148 Å². The van der Waals surface area contributed by atoms with Crippen LogP contribution in [0.5, 0.6) is 0 Å². The maximum Gasteiger partial charge on any atom is 0.306 e. The molecule has 1 rings (SSSR count). The van der Waals surface area contributed by atoms with Crippen LogP contribution in [0.1, 0.15) is 239 Å². The van der Waals surface area contributed by atoms with Gasteiger partial charge in [0, 0.05) is 25.7 Å². The summed E-state index contributed by atoms with van der Waals surface area (Å²) < 4.78 is 24.2. The van der Waals surface area contributed by atoms with Crippen LogP contribution in [-0.2, 0) is 28.5 Å². The highest BCUT2D eigenvalue weighted by molar-refractivity contribution is 5.69. The van der Waals surface area contributed by atoms with E-state index in [1.165, 1.54) is 128 Å². The molecule has 330 valence electrons. The largest absolute Gasteiger partial charge is 0.462 e. The average Bonchev–Trinajstić information content (AvgIpc) is 3.18. The van der Waals surface area contributed by atoms with E-state index < -0.39 is 0 Å². The summed E-state index contributed by atoms with van der Waals surface area (Å²) in [5, 5.41) is 0. The highest BCUT2D eigenvalue weighted by atomic mass is 16.7. The molecule has 0 aromatic heterocycles. The summed E-state index contributed by atoms with van der Waals surface area (Å²) in [7, 11) is 4.10. The van der Waals surface area contributed by atoms with Crippen LogP contribution in [0.4, 0.5) is 0 Å². The fourth-order valence-corrected chi connectivity index (χ4v) is 7.84. The van der Waals surface area contributed by atoms with Crippen LogP contribution in [0.3, 0.4) is 0 Å². The molecule has 0 heterocycles. The van der Waals surface area contributed by atoms with Crippen LogP contribution in [0.15, 0.2) is 12.2 Å². The van der Waals surface area contributed by atoms with E-state index in [2.05, 4.69) is 24.8 Å². The van der Waals surface area contributed by atoms with Gasteiger partial charge in [0.1, 0.15) is 12.7 Å². The second kappa shape index (κ2) is 39.0. The molecular weight excluding hydrogens is 699 g/mol. The zero-order valence-corrected chi connectivity index (χ0v) is 37.7. The first kappa shape index (κ1) is 52.6. The highest BCUT2D eigenvalue weighted by Gasteiger charge is 2.33. The number of carbonyl (C=O) groups excluding carboxylic acids is 2. The number of hydrogen-bond acceptors (Lipinski definition) is 7. The topological polar surface area (TPSA) is 74.3 Å². The van der Waals surface area contributed by atoms with Crippen molar-refractivity contribution in [3.63, 3.8) is 0 Å². The number of hydrogen-bond donors (Lipinski definition) is 0. The molecule has 0 aliphatic heterocycles. The minimum Gasteiger partial charge on any atom is -0.462 e. The Kier molecular flexibility index (Phi) is 36.7. The van der Waals surface area contributed by atoms with Crippen LogP contribution in [-0.4, -0.2) is 69.2 Å². The molecule has 0 aromatic rings. The van der Waals surface area contributed by atoms with Gasteiger partial charge < -0.3 is 23.8 Å². The zero-order chi connectivity index (χ0) is 40.6. The van der Waals surface area contributed by atoms with Gasteiger partial charge in [0.05, 0.1) is 13.2 Å². The summed E-state index contributed by atoms with van der Waals surface area (Å²) in [4.78, 5) is 26.8. The summed E-state index contributed by atoms with van der Waals surface area (Å²) >= 11 is 0. The van der Waals surface area contributed by atoms with Crippen molar-refractivity contribution in [3.8, 4) is 0 Å². The average molecular weight is 792 g/mol. The second-order valence-corrected chi connectivity index (χ2v) is 17.2. The summed E-state index contributed by atoms with van der Waals surface area (Å²) in [5.41, 5.74) is 0. The molecular formula is C49H93NO6. The van der Waals surface area contributed by atoms with Gasteiger partial charge in [0.15, 0.2) is 5.79 Å². The number of ether oxygens (including phenoxy) is 4. The van der Waals surface area contributed by atoms with E-state index in [0.29, 0.717) is 19.4 Å². The lowest BCUT2D eigenvalue weighted by molar-refractivity contribution is -0.253. The molecule has 0 aromatic carbocycles. The maximum atomic E-state index is 12.6. The van der Waals surface area contributed by atoms with E-state index in [1.54, 1.807) is 0 Å². The zero-order valence-electron chi connectivity index (χ0n) is 37.7. The van der Waals surface area contributed by atoms with Crippen molar-refractivity contribution >= 4 is 11.9 Å². The van der Waals surface area contributed by atoms with Crippen molar-refractivity contribution in [2.24, 2.45) is 0 Å². The number of carbonyl (C=O) groups is 2. The number of esters is 2. The van der Waals surface area contributed by atoms with E-state index in [0.717, 1.165) is 103 Å². The summed E-state index contributed by atoms with van der Waals surface area (Å²) in [6.45, 7) is 7.50. The minimum absolute atomic E-state index is 0.0267. The summed E-state index contributed by atoms with van der Waals surface area (Å²) in [6, 6.07) is 0. The predicted molar refractivity (Wildman–Crippen MR) is 236 cm³/mol. The number of unbranched alkanes of at least 4 members (excludes halogenated alkanes) is 21. The van der Waals surface area contributed by atoms with Crippen molar-refractivity contribution in [2.75, 3.05) is 40.5 Å². The normalized spacial score (nSPS) is 14.8. The molecule has 0 N–H and O–H groups in total. The molecule has 1 aliphatic carbocycles. The molecule has 7 heteroatoms. The van der Waals surface area contributed by atoms with E-state index in [4.69, 9.17) is 18.9 Å². The standard InChI is InChI=1S/C49H93NO6/c1-5-7-9-11-18-24-32-43-53-47(51)38-29-22-17-14-16-21-28-37-46(56-48(52)39-35-42-50(3)4)36-27-20-15-12-13-19-25-34-45-55-49(40-30-26-31-41-49)54-44-33-23-10-8-6-2/h24,32,46H,5-23,25-31,33-45H2,1-4H3. The Bertz CT molecular complexity index is 901. The minimum atomic E-state index is -0.300. The van der Waals surface area contributed by atoms with Crippen molar-refractivity contribution in [3.05, 3.63) is 12.2 Å². The van der Waals surface area contributed by atoms with Crippen LogP contribution >= 0.6 is 0 Å². The molecule has 1 fully saturated rings. The molecule has 0 spiro atoms. The van der Waals surface area contributed by atoms with Crippen molar-refractivity contribution < 1.29 is 28.5 Å². The molecule has 0 bridgehead atoms. The summed E-state index contributed by atoms with van der Waals surface area (Å²) in [6.07, 6.45) is 44.2. The molecule has 7 nitrogen and oxygen atoms in total. The van der Waals surface area contributed by atoms with Gasteiger partial charge in [0.25, 0.3) is 0 Å². The Hall–Kier alpha value is -1.44. The molecule has 0 saturated heterocycles. The third-order valence-corrected chi connectivity index (χ3v) is 11.4. The lowest BCUT2D eigenvalue weighted by atomic mass is 9.94. The molecule has 1 atom stereocenters. The lowest BCUT2D eigenvalue weighted by Crippen LogP contribution is -2.38. The van der Waals surface area contributed by atoms with Crippen molar-refractivity contribution in [1.82, 2.24) is 4.90 Å². The van der Waals surface area contributed by atoms with Crippen molar-refractivity contribution in [2.45, 2.75) is 250 Å². The van der Waals surface area contributed by atoms with Crippen LogP contribution in [0.2, 0.25) is 0 Å². The van der Waals surface area contributed by atoms with Crippen LogP contribution in [0, 0.1) is 0 Å². The maximum absolute atomic E-state index is 12.6. The Labute approximate surface area is 347 Å². The van der Waals surface area contributed by atoms with Gasteiger partial charge in [-0.25, -0.2) is 0 Å². The van der Waals surface area contributed by atoms with Gasteiger partial charge in [0.2, 0.25) is 0 Å². The van der Waals surface area contributed by atoms with Gasteiger partial charge in [-0.15, -0.1) is 0 Å². The molecule has 0 amide bonds. The molecule has 0 radical (unpaired) electrons. The summed E-state index contributed by atoms with van der Waals surface area (Å²) in [5.74, 6) is -0.399. The fourth-order valence-electron chi connectivity index (χ4n) is 7.84. The first-order valence-electron chi connectivity index (χ1n) is 24.3. The van der Waals surface area contributed by atoms with Crippen LogP contribution in [0.25, 0.3) is 0 Å². The third-order valence-electron chi connectivity index (χ3n) is 11.4. The quantitative estimate of drug-likeness (QED) is 0.0264. The van der Waals surface area contributed by atoms with Crippen LogP contribution < -0.4 is 0 Å². The first-order valence-corrected chi connectivity index (χ1v) is 24.3. The second-order valence-electron chi connectivity index (χ2n) is 17.2. The lowest BCUT2D eigenvalue weighted by Gasteiger charge is -2.37. The van der Waals surface area contributed by atoms with Gasteiger partial charge >= 0.3 is 11.9 Å². The molecule has 1 aliphatic rings. The van der Waals surface area contributed by atoms with E-state index in [1.807, 2.05) is 20.2 Å². The van der Waals surface area contributed by atoms with E-state index in [-0.39, 0.29) is 23.8 Å². The fraction of sp³-hybridized carbons (Fsp3) is 0.918. The van der Waals surface area contributed by atoms with Gasteiger partial charge in [-0.05, 0) is 97.7 Å². The third kappa shape index (κ3) is 33.5. The van der Waals surface area contributed by atoms with Gasteiger partial charge in [-0.2, -0.15) is 0 Å². The van der Waals surface area contributed by atoms with Gasteiger partial charge in [-0.3, -0.25) is 9.59 Å². The molecule has 56 heavy (non-hydrogen) atoms. The Balaban J connectivity index is 2.16. The van der Waals surface area contributed by atoms with Crippen molar-refractivity contribution in [1.29, 1.82) is 0 Å². The molecule has 1 unspecified atom stereocenters. The number of rotatable bonds is 41. The molecule has 1 saturated carbocycles. The van der Waals surface area contributed by atoms with E-state index in [9.17, 15) is 9.59 Å². The monoisotopic (exact) mass is 792 g/mol.